The van der Waals surface area contributed by atoms with Crippen LogP contribution in [0.5, 0.6) is 11.5 Å². The molecule has 1 unspecified atom stereocenters. The molecule has 2 rings (SSSR count). The van der Waals surface area contributed by atoms with Crippen LogP contribution in [0.3, 0.4) is 0 Å². The summed E-state index contributed by atoms with van der Waals surface area (Å²) >= 11 is 11.8. The van der Waals surface area contributed by atoms with Gasteiger partial charge < -0.3 is 9.47 Å². The third-order valence-corrected chi connectivity index (χ3v) is 3.04. The van der Waals surface area contributed by atoms with Gasteiger partial charge in [-0.05, 0) is 37.3 Å². The second kappa shape index (κ2) is 6.64. The fourth-order valence-electron chi connectivity index (χ4n) is 1.51. The molecular formula is C15H12Cl2O3. The summed E-state index contributed by atoms with van der Waals surface area (Å²) in [6.07, 6.45) is -0.773. The van der Waals surface area contributed by atoms with Crippen LogP contribution in [0, 0.1) is 0 Å². The van der Waals surface area contributed by atoms with Crippen molar-refractivity contribution >= 4 is 29.2 Å². The first kappa shape index (κ1) is 14.7. The Morgan fingerprint density at radius 3 is 2.55 bits per heavy atom. The Labute approximate surface area is 127 Å². The molecule has 0 bridgehead atoms. The maximum Gasteiger partial charge on any atom is 0.352 e. The van der Waals surface area contributed by atoms with E-state index in [0.29, 0.717) is 21.5 Å². The smallest absolute Gasteiger partial charge is 0.352 e. The van der Waals surface area contributed by atoms with Crippen LogP contribution in [-0.2, 0) is 4.79 Å². The molecule has 20 heavy (non-hydrogen) atoms. The molecule has 2 aromatic carbocycles. The molecule has 0 fully saturated rings. The lowest BCUT2D eigenvalue weighted by atomic mass is 10.3. The maximum atomic E-state index is 11.9. The predicted molar refractivity (Wildman–Crippen MR) is 78.6 cm³/mol. The number of para-hydroxylation sites is 1. The molecule has 0 spiro atoms. The Kier molecular flexibility index (Phi) is 4.88. The molecule has 0 heterocycles. The first-order valence-electron chi connectivity index (χ1n) is 5.94. The Balaban J connectivity index is 2.01. The minimum Gasteiger partial charge on any atom is -0.479 e. The summed E-state index contributed by atoms with van der Waals surface area (Å²) in [5.41, 5.74) is 0. The summed E-state index contributed by atoms with van der Waals surface area (Å²) in [4.78, 5) is 11.9. The molecule has 0 aliphatic carbocycles. The highest BCUT2D eigenvalue weighted by Gasteiger charge is 2.18. The number of esters is 1. The van der Waals surface area contributed by atoms with Gasteiger partial charge in [-0.25, -0.2) is 4.79 Å². The quantitative estimate of drug-likeness (QED) is 0.621. The first-order chi connectivity index (χ1) is 9.56. The Morgan fingerprint density at radius 1 is 1.10 bits per heavy atom. The number of carbonyl (C=O) groups excluding carboxylic acids is 1. The minimum atomic E-state index is -0.773. The van der Waals surface area contributed by atoms with Crippen LogP contribution in [-0.4, -0.2) is 12.1 Å². The highest BCUT2D eigenvalue weighted by atomic mass is 35.5. The molecule has 0 aromatic heterocycles. The molecule has 0 aliphatic rings. The normalized spacial score (nSPS) is 11.8. The number of benzene rings is 2. The molecule has 0 radical (unpaired) electrons. The summed E-state index contributed by atoms with van der Waals surface area (Å²) in [6.45, 7) is 1.60. The van der Waals surface area contributed by atoms with Gasteiger partial charge in [0.25, 0.3) is 0 Å². The van der Waals surface area contributed by atoms with Gasteiger partial charge in [-0.2, -0.15) is 0 Å². The molecule has 1 atom stereocenters. The lowest BCUT2D eigenvalue weighted by Gasteiger charge is -2.14. The lowest BCUT2D eigenvalue weighted by molar-refractivity contribution is -0.141. The van der Waals surface area contributed by atoms with Gasteiger partial charge in [-0.1, -0.05) is 41.4 Å². The highest BCUT2D eigenvalue weighted by Crippen LogP contribution is 2.24. The average molecular weight is 311 g/mol. The lowest BCUT2D eigenvalue weighted by Crippen LogP contribution is -2.28. The summed E-state index contributed by atoms with van der Waals surface area (Å²) in [5.74, 6) is 0.278. The van der Waals surface area contributed by atoms with Crippen molar-refractivity contribution in [2.24, 2.45) is 0 Å². The van der Waals surface area contributed by atoms with Crippen LogP contribution in [0.15, 0.2) is 48.5 Å². The molecule has 0 saturated carbocycles. The van der Waals surface area contributed by atoms with E-state index in [1.807, 2.05) is 0 Å². The van der Waals surface area contributed by atoms with E-state index < -0.39 is 12.1 Å². The monoisotopic (exact) mass is 310 g/mol. The zero-order valence-corrected chi connectivity index (χ0v) is 12.2. The van der Waals surface area contributed by atoms with E-state index in [1.54, 1.807) is 55.5 Å². The van der Waals surface area contributed by atoms with E-state index in [1.165, 1.54) is 0 Å². The van der Waals surface area contributed by atoms with Gasteiger partial charge in [0.1, 0.15) is 11.5 Å². The Bertz CT molecular complexity index is 614. The number of hydrogen-bond acceptors (Lipinski definition) is 3. The zero-order valence-electron chi connectivity index (χ0n) is 10.7. The van der Waals surface area contributed by atoms with Crippen LogP contribution >= 0.6 is 23.2 Å². The molecule has 2 aromatic rings. The van der Waals surface area contributed by atoms with Gasteiger partial charge in [0, 0.05) is 5.02 Å². The van der Waals surface area contributed by atoms with Gasteiger partial charge >= 0.3 is 5.97 Å². The SMILES string of the molecule is CC(Oc1cccc(Cl)c1)C(=O)Oc1ccccc1Cl. The first-order valence-corrected chi connectivity index (χ1v) is 6.70. The van der Waals surface area contributed by atoms with Gasteiger partial charge in [0.15, 0.2) is 6.10 Å². The van der Waals surface area contributed by atoms with Crippen molar-refractivity contribution in [3.8, 4) is 11.5 Å². The maximum absolute atomic E-state index is 11.9. The summed E-state index contributed by atoms with van der Waals surface area (Å²) in [5, 5.41) is 0.907. The fraction of sp³-hybridized carbons (Fsp3) is 0.133. The molecule has 0 saturated heterocycles. The van der Waals surface area contributed by atoms with Gasteiger partial charge in [0.05, 0.1) is 5.02 Å². The van der Waals surface area contributed by atoms with Crippen molar-refractivity contribution in [1.29, 1.82) is 0 Å². The van der Waals surface area contributed by atoms with Crippen LogP contribution in [0.4, 0.5) is 0 Å². The van der Waals surface area contributed by atoms with Gasteiger partial charge in [-0.3, -0.25) is 0 Å². The molecule has 104 valence electrons. The van der Waals surface area contributed by atoms with Crippen LogP contribution in [0.25, 0.3) is 0 Å². The number of ether oxygens (including phenoxy) is 2. The van der Waals surface area contributed by atoms with Crippen molar-refractivity contribution in [2.45, 2.75) is 13.0 Å². The molecule has 0 amide bonds. The van der Waals surface area contributed by atoms with Crippen LogP contribution in [0.1, 0.15) is 6.92 Å². The van der Waals surface area contributed by atoms with E-state index in [2.05, 4.69) is 0 Å². The second-order valence-electron chi connectivity index (χ2n) is 4.07. The Morgan fingerprint density at radius 2 is 1.85 bits per heavy atom. The number of rotatable bonds is 4. The fourth-order valence-corrected chi connectivity index (χ4v) is 1.87. The number of hydrogen-bond donors (Lipinski definition) is 0. The third-order valence-electron chi connectivity index (χ3n) is 2.49. The summed E-state index contributed by atoms with van der Waals surface area (Å²) < 4.78 is 10.6. The van der Waals surface area contributed by atoms with E-state index in [9.17, 15) is 4.79 Å². The van der Waals surface area contributed by atoms with Crippen LogP contribution < -0.4 is 9.47 Å². The van der Waals surface area contributed by atoms with Crippen molar-refractivity contribution < 1.29 is 14.3 Å². The van der Waals surface area contributed by atoms with Crippen molar-refractivity contribution in [1.82, 2.24) is 0 Å². The van der Waals surface area contributed by atoms with Gasteiger partial charge in [-0.15, -0.1) is 0 Å². The van der Waals surface area contributed by atoms with E-state index in [-0.39, 0.29) is 0 Å². The van der Waals surface area contributed by atoms with Crippen molar-refractivity contribution in [3.05, 3.63) is 58.6 Å². The van der Waals surface area contributed by atoms with Crippen molar-refractivity contribution in [3.63, 3.8) is 0 Å². The predicted octanol–water partition coefficient (Wildman–Crippen LogP) is 4.37. The summed E-state index contributed by atoms with van der Waals surface area (Å²) in [6, 6.07) is 13.6. The van der Waals surface area contributed by atoms with Crippen LogP contribution in [0.2, 0.25) is 10.0 Å². The van der Waals surface area contributed by atoms with E-state index in [4.69, 9.17) is 32.7 Å². The highest BCUT2D eigenvalue weighted by molar-refractivity contribution is 6.32. The van der Waals surface area contributed by atoms with Gasteiger partial charge in [0.2, 0.25) is 0 Å². The molecule has 3 nitrogen and oxygen atoms in total. The standard InChI is InChI=1S/C15H12Cl2O3/c1-10(19-12-6-4-5-11(16)9-12)15(18)20-14-8-3-2-7-13(14)17/h2-10H,1H3. The Hall–Kier alpha value is -1.71. The zero-order chi connectivity index (χ0) is 14.5. The molecule has 5 heteroatoms. The third kappa shape index (κ3) is 3.89. The molecule has 0 N–H and O–H groups in total. The minimum absolute atomic E-state index is 0.306. The largest absolute Gasteiger partial charge is 0.479 e. The molecule has 0 aliphatic heterocycles. The van der Waals surface area contributed by atoms with E-state index in [0.717, 1.165) is 0 Å². The number of halogens is 2. The van der Waals surface area contributed by atoms with E-state index >= 15 is 0 Å². The molecular weight excluding hydrogens is 299 g/mol. The topological polar surface area (TPSA) is 35.5 Å². The number of carbonyl (C=O) groups is 1. The summed E-state index contributed by atoms with van der Waals surface area (Å²) in [7, 11) is 0. The average Bonchev–Trinajstić information content (AvgIpc) is 2.41. The van der Waals surface area contributed by atoms with Crippen molar-refractivity contribution in [2.75, 3.05) is 0 Å². The second-order valence-corrected chi connectivity index (χ2v) is 4.91.